The number of rotatable bonds is 4. The Balaban J connectivity index is 1.76. The molecule has 0 aliphatic heterocycles. The Bertz CT molecular complexity index is 675. The Morgan fingerprint density at radius 1 is 1.16 bits per heavy atom. The van der Waals surface area contributed by atoms with Gasteiger partial charge in [0.2, 0.25) is 0 Å². The summed E-state index contributed by atoms with van der Waals surface area (Å²) >= 11 is 3.07. The predicted molar refractivity (Wildman–Crippen MR) is 77.7 cm³/mol. The van der Waals surface area contributed by atoms with Gasteiger partial charge in [0, 0.05) is 16.3 Å². The molecular weight excluding hydrogens is 276 g/mol. The second-order valence-corrected chi connectivity index (χ2v) is 5.56. The van der Waals surface area contributed by atoms with Crippen LogP contribution in [-0.2, 0) is 6.42 Å². The maximum Gasteiger partial charge on any atom is 0.168 e. The first kappa shape index (κ1) is 12.2. The molecule has 0 saturated carbocycles. The molecule has 0 unspecified atom stereocenters. The molecule has 0 aliphatic carbocycles. The third-order valence-corrected chi connectivity index (χ3v) is 4.14. The van der Waals surface area contributed by atoms with Gasteiger partial charge in [0.25, 0.3) is 0 Å². The summed E-state index contributed by atoms with van der Waals surface area (Å²) in [5.41, 5.74) is 4.20. The molecule has 2 aromatic heterocycles. The van der Waals surface area contributed by atoms with E-state index in [4.69, 9.17) is 0 Å². The normalized spacial score (nSPS) is 10.5. The summed E-state index contributed by atoms with van der Waals surface area (Å²) in [6.07, 6.45) is 0.338. The van der Waals surface area contributed by atoms with Crippen LogP contribution in [0.3, 0.4) is 0 Å². The van der Waals surface area contributed by atoms with Gasteiger partial charge in [-0.1, -0.05) is 30.3 Å². The number of carbonyl (C=O) groups excluding carboxylic acids is 1. The maximum atomic E-state index is 12.1. The lowest BCUT2D eigenvalue weighted by molar-refractivity contribution is 0.0992. The average Bonchev–Trinajstić information content (AvgIpc) is 3.10. The van der Waals surface area contributed by atoms with Gasteiger partial charge in [0.1, 0.15) is 10.7 Å². The van der Waals surface area contributed by atoms with Crippen molar-refractivity contribution in [1.29, 1.82) is 0 Å². The molecule has 5 heteroatoms. The lowest BCUT2D eigenvalue weighted by Crippen LogP contribution is -2.03. The maximum absolute atomic E-state index is 12.1. The van der Waals surface area contributed by atoms with E-state index in [2.05, 4.69) is 9.97 Å². The van der Waals surface area contributed by atoms with Crippen molar-refractivity contribution in [2.45, 2.75) is 6.42 Å². The van der Waals surface area contributed by atoms with Crippen molar-refractivity contribution in [3.63, 3.8) is 0 Å². The van der Waals surface area contributed by atoms with Gasteiger partial charge in [0.05, 0.1) is 17.6 Å². The summed E-state index contributed by atoms with van der Waals surface area (Å²) in [4.78, 5) is 20.7. The van der Waals surface area contributed by atoms with Crippen LogP contribution in [0.1, 0.15) is 16.1 Å². The van der Waals surface area contributed by atoms with Gasteiger partial charge in [-0.2, -0.15) is 0 Å². The highest BCUT2D eigenvalue weighted by Gasteiger charge is 2.11. The average molecular weight is 286 g/mol. The van der Waals surface area contributed by atoms with Crippen molar-refractivity contribution in [2.75, 3.05) is 0 Å². The Hall–Kier alpha value is -1.85. The van der Waals surface area contributed by atoms with Crippen molar-refractivity contribution in [1.82, 2.24) is 9.97 Å². The van der Waals surface area contributed by atoms with Crippen LogP contribution >= 0.6 is 22.7 Å². The molecule has 0 saturated heterocycles. The van der Waals surface area contributed by atoms with Crippen molar-refractivity contribution in [3.05, 3.63) is 57.9 Å². The van der Waals surface area contributed by atoms with Gasteiger partial charge in [-0.05, 0) is 0 Å². The first-order valence-electron chi connectivity index (χ1n) is 5.74. The predicted octanol–water partition coefficient (Wildman–Crippen LogP) is 3.69. The fourth-order valence-corrected chi connectivity index (χ4v) is 3.11. The van der Waals surface area contributed by atoms with Gasteiger partial charge in [-0.25, -0.2) is 9.97 Å². The number of hydrogen-bond donors (Lipinski definition) is 0. The molecule has 2 heterocycles. The van der Waals surface area contributed by atoms with Crippen LogP contribution in [0.5, 0.6) is 0 Å². The van der Waals surface area contributed by atoms with E-state index < -0.39 is 0 Å². The first-order valence-corrected chi connectivity index (χ1v) is 7.56. The minimum atomic E-state index is 0.0933. The third-order valence-electron chi connectivity index (χ3n) is 2.64. The summed E-state index contributed by atoms with van der Waals surface area (Å²) in [6, 6.07) is 9.30. The van der Waals surface area contributed by atoms with E-state index in [9.17, 15) is 4.79 Å². The first-order chi connectivity index (χ1) is 9.33. The topological polar surface area (TPSA) is 42.9 Å². The van der Waals surface area contributed by atoms with E-state index in [1.807, 2.05) is 41.1 Å². The van der Waals surface area contributed by atoms with Crippen molar-refractivity contribution in [2.24, 2.45) is 0 Å². The Morgan fingerprint density at radius 3 is 2.74 bits per heavy atom. The number of thiazole rings is 2. The van der Waals surface area contributed by atoms with Crippen molar-refractivity contribution in [3.8, 4) is 10.7 Å². The van der Waals surface area contributed by atoms with Gasteiger partial charge in [-0.15, -0.1) is 22.7 Å². The molecule has 19 heavy (non-hydrogen) atoms. The van der Waals surface area contributed by atoms with E-state index in [0.717, 1.165) is 22.0 Å². The highest BCUT2D eigenvalue weighted by Crippen LogP contribution is 2.23. The lowest BCUT2D eigenvalue weighted by Gasteiger charge is -1.97. The standard InChI is InChI=1S/C14H10N2OS2/c17-13(10-4-2-1-3-5-10)6-11-7-19-14(16-11)12-8-18-9-15-12/h1-5,7-9H,6H2. The smallest absolute Gasteiger partial charge is 0.168 e. The van der Waals surface area contributed by atoms with Crippen molar-refractivity contribution >= 4 is 28.5 Å². The fourth-order valence-electron chi connectivity index (χ4n) is 1.71. The molecule has 3 aromatic rings. The Kier molecular flexibility index (Phi) is 3.48. The van der Waals surface area contributed by atoms with E-state index in [1.54, 1.807) is 16.8 Å². The molecule has 0 fully saturated rings. The van der Waals surface area contributed by atoms with E-state index in [1.165, 1.54) is 11.3 Å². The highest BCUT2D eigenvalue weighted by molar-refractivity contribution is 7.13. The van der Waals surface area contributed by atoms with E-state index >= 15 is 0 Å². The SMILES string of the molecule is O=C(Cc1csc(-c2cscn2)n1)c1ccccc1. The number of carbonyl (C=O) groups is 1. The minimum Gasteiger partial charge on any atom is -0.294 e. The molecule has 0 bridgehead atoms. The molecule has 0 spiro atoms. The van der Waals surface area contributed by atoms with E-state index in [-0.39, 0.29) is 5.78 Å². The zero-order chi connectivity index (χ0) is 13.1. The highest BCUT2D eigenvalue weighted by atomic mass is 32.1. The van der Waals surface area contributed by atoms with Gasteiger partial charge in [0.15, 0.2) is 5.78 Å². The van der Waals surface area contributed by atoms with Gasteiger partial charge in [-0.3, -0.25) is 4.79 Å². The van der Waals surface area contributed by atoms with Crippen molar-refractivity contribution < 1.29 is 4.79 Å². The number of Topliss-reactive ketones (excluding diaryl/α,β-unsaturated/α-hetero) is 1. The van der Waals surface area contributed by atoms with E-state index in [0.29, 0.717) is 6.42 Å². The molecule has 0 aliphatic rings. The van der Waals surface area contributed by atoms with Crippen LogP contribution in [0.2, 0.25) is 0 Å². The Labute approximate surface area is 118 Å². The summed E-state index contributed by atoms with van der Waals surface area (Å²) in [5, 5.41) is 4.76. The third kappa shape index (κ3) is 2.77. The molecular formula is C14H10N2OS2. The summed E-state index contributed by atoms with van der Waals surface area (Å²) in [6.45, 7) is 0. The van der Waals surface area contributed by atoms with Crippen LogP contribution in [0, 0.1) is 0 Å². The molecule has 94 valence electrons. The fraction of sp³-hybridized carbons (Fsp3) is 0.0714. The molecule has 3 rings (SSSR count). The number of aromatic nitrogens is 2. The van der Waals surface area contributed by atoms with Crippen LogP contribution in [0.4, 0.5) is 0 Å². The quantitative estimate of drug-likeness (QED) is 0.687. The van der Waals surface area contributed by atoms with Crippen LogP contribution in [0.25, 0.3) is 10.7 Å². The van der Waals surface area contributed by atoms with Gasteiger partial charge < -0.3 is 0 Å². The van der Waals surface area contributed by atoms with Gasteiger partial charge >= 0.3 is 0 Å². The summed E-state index contributed by atoms with van der Waals surface area (Å²) < 4.78 is 0. The molecule has 3 nitrogen and oxygen atoms in total. The van der Waals surface area contributed by atoms with Crippen LogP contribution in [-0.4, -0.2) is 15.8 Å². The minimum absolute atomic E-state index is 0.0933. The summed E-state index contributed by atoms with van der Waals surface area (Å²) in [7, 11) is 0. The Morgan fingerprint density at radius 2 is 2.00 bits per heavy atom. The molecule has 0 atom stereocenters. The number of nitrogens with zero attached hydrogens (tertiary/aromatic N) is 2. The molecule has 0 amide bonds. The zero-order valence-electron chi connectivity index (χ0n) is 9.95. The van der Waals surface area contributed by atoms with Crippen LogP contribution < -0.4 is 0 Å². The second-order valence-electron chi connectivity index (χ2n) is 3.98. The number of hydrogen-bond acceptors (Lipinski definition) is 5. The zero-order valence-corrected chi connectivity index (χ0v) is 11.6. The monoisotopic (exact) mass is 286 g/mol. The molecule has 0 radical (unpaired) electrons. The lowest BCUT2D eigenvalue weighted by atomic mass is 10.1. The van der Waals surface area contributed by atoms with Crippen LogP contribution in [0.15, 0.2) is 46.6 Å². The number of benzene rings is 1. The largest absolute Gasteiger partial charge is 0.294 e. The summed E-state index contributed by atoms with van der Waals surface area (Å²) in [5.74, 6) is 0.0933. The second kappa shape index (κ2) is 5.42. The molecule has 1 aromatic carbocycles. The molecule has 0 N–H and O–H groups in total. The number of ketones is 1.